The standard InChI is InChI=1S/C22H25N3O3/c1-15-4-2-3-5-19(15)16-10-12-24(13-11-16)20-9-6-17(14-21(20)25(27)28)22(26)23-18-7-8-18/h2-6,9,14,16,18H,7-8,10-13H2,1H3,(H,23,26). The van der Waals surface area contributed by atoms with Crippen LogP contribution in [0, 0.1) is 17.0 Å². The van der Waals surface area contributed by atoms with E-state index in [0.29, 0.717) is 17.2 Å². The van der Waals surface area contributed by atoms with E-state index < -0.39 is 0 Å². The number of hydrogen-bond acceptors (Lipinski definition) is 4. The molecule has 28 heavy (non-hydrogen) atoms. The van der Waals surface area contributed by atoms with Gasteiger partial charge in [-0.25, -0.2) is 0 Å². The van der Waals surface area contributed by atoms with Crippen molar-refractivity contribution in [3.63, 3.8) is 0 Å². The van der Waals surface area contributed by atoms with E-state index in [0.717, 1.165) is 38.8 Å². The monoisotopic (exact) mass is 379 g/mol. The first kappa shape index (κ1) is 18.5. The normalized spacial score (nSPS) is 17.4. The number of amides is 1. The summed E-state index contributed by atoms with van der Waals surface area (Å²) in [5.41, 5.74) is 3.66. The van der Waals surface area contributed by atoms with Crippen molar-refractivity contribution >= 4 is 17.3 Å². The van der Waals surface area contributed by atoms with Gasteiger partial charge < -0.3 is 10.2 Å². The molecule has 4 rings (SSSR count). The first-order chi connectivity index (χ1) is 13.5. The third-order valence-corrected chi connectivity index (χ3v) is 5.81. The number of nitrogens with zero attached hydrogens (tertiary/aromatic N) is 2. The Kier molecular flexibility index (Phi) is 5.03. The first-order valence-electron chi connectivity index (χ1n) is 9.92. The van der Waals surface area contributed by atoms with Crippen molar-refractivity contribution in [3.8, 4) is 0 Å². The lowest BCUT2D eigenvalue weighted by Gasteiger charge is -2.34. The van der Waals surface area contributed by atoms with Crippen LogP contribution in [0.15, 0.2) is 42.5 Å². The number of rotatable bonds is 5. The fourth-order valence-electron chi connectivity index (χ4n) is 4.05. The number of nitrogens with one attached hydrogen (secondary N) is 1. The van der Waals surface area contributed by atoms with E-state index in [1.807, 2.05) is 0 Å². The van der Waals surface area contributed by atoms with Gasteiger partial charge in [0.25, 0.3) is 11.6 Å². The highest BCUT2D eigenvalue weighted by Gasteiger charge is 2.28. The summed E-state index contributed by atoms with van der Waals surface area (Å²) in [4.78, 5) is 25.6. The molecule has 146 valence electrons. The summed E-state index contributed by atoms with van der Waals surface area (Å²) < 4.78 is 0. The molecule has 2 fully saturated rings. The molecule has 6 heteroatoms. The zero-order chi connectivity index (χ0) is 19.7. The van der Waals surface area contributed by atoms with Crippen LogP contribution in [0.5, 0.6) is 0 Å². The van der Waals surface area contributed by atoms with Crippen molar-refractivity contribution in [1.29, 1.82) is 0 Å². The van der Waals surface area contributed by atoms with E-state index in [1.165, 1.54) is 17.2 Å². The maximum Gasteiger partial charge on any atom is 0.293 e. The maximum atomic E-state index is 12.2. The molecular weight excluding hydrogens is 354 g/mol. The molecule has 0 atom stereocenters. The number of carbonyl (C=O) groups excluding carboxylic acids is 1. The lowest BCUT2D eigenvalue weighted by molar-refractivity contribution is -0.384. The predicted octanol–water partition coefficient (Wildman–Crippen LogP) is 4.18. The summed E-state index contributed by atoms with van der Waals surface area (Å²) in [5.74, 6) is 0.260. The molecule has 0 bridgehead atoms. The molecule has 1 saturated heterocycles. The molecule has 1 aliphatic heterocycles. The molecule has 2 aromatic rings. The third kappa shape index (κ3) is 3.86. The smallest absolute Gasteiger partial charge is 0.293 e. The lowest BCUT2D eigenvalue weighted by Crippen LogP contribution is -2.33. The van der Waals surface area contributed by atoms with Gasteiger partial charge in [-0.1, -0.05) is 24.3 Å². The van der Waals surface area contributed by atoms with Crippen molar-refractivity contribution in [2.75, 3.05) is 18.0 Å². The highest BCUT2D eigenvalue weighted by atomic mass is 16.6. The van der Waals surface area contributed by atoms with Gasteiger partial charge in [-0.15, -0.1) is 0 Å². The van der Waals surface area contributed by atoms with Crippen LogP contribution in [-0.4, -0.2) is 30.0 Å². The number of carbonyl (C=O) groups is 1. The second-order valence-electron chi connectivity index (χ2n) is 7.83. The molecule has 0 aromatic heterocycles. The van der Waals surface area contributed by atoms with Gasteiger partial charge in [0.2, 0.25) is 0 Å². The number of aryl methyl sites for hydroxylation is 1. The minimum Gasteiger partial charge on any atom is -0.366 e. The van der Waals surface area contributed by atoms with Gasteiger partial charge in [0.05, 0.1) is 4.92 Å². The third-order valence-electron chi connectivity index (χ3n) is 5.81. The van der Waals surface area contributed by atoms with Crippen molar-refractivity contribution in [2.24, 2.45) is 0 Å². The summed E-state index contributed by atoms with van der Waals surface area (Å²) >= 11 is 0. The summed E-state index contributed by atoms with van der Waals surface area (Å²) in [6.07, 6.45) is 3.90. The van der Waals surface area contributed by atoms with E-state index in [-0.39, 0.29) is 22.6 Å². The fourth-order valence-corrected chi connectivity index (χ4v) is 4.05. The van der Waals surface area contributed by atoms with Gasteiger partial charge in [-0.05, 0) is 61.8 Å². The Morgan fingerprint density at radius 1 is 1.11 bits per heavy atom. The fraction of sp³-hybridized carbons (Fsp3) is 0.409. The molecule has 1 saturated carbocycles. The van der Waals surface area contributed by atoms with E-state index in [1.54, 1.807) is 12.1 Å². The topological polar surface area (TPSA) is 75.5 Å². The van der Waals surface area contributed by atoms with E-state index >= 15 is 0 Å². The summed E-state index contributed by atoms with van der Waals surface area (Å²) in [6.45, 7) is 3.68. The van der Waals surface area contributed by atoms with Gasteiger partial charge in [0.15, 0.2) is 0 Å². The zero-order valence-electron chi connectivity index (χ0n) is 16.1. The van der Waals surface area contributed by atoms with Gasteiger partial charge in [0, 0.05) is 30.8 Å². The van der Waals surface area contributed by atoms with Crippen LogP contribution in [0.1, 0.15) is 53.1 Å². The summed E-state index contributed by atoms with van der Waals surface area (Å²) in [7, 11) is 0. The first-order valence-corrected chi connectivity index (χ1v) is 9.92. The lowest BCUT2D eigenvalue weighted by atomic mass is 9.86. The van der Waals surface area contributed by atoms with E-state index in [4.69, 9.17) is 0 Å². The number of nitro groups is 1. The molecule has 0 spiro atoms. The molecule has 1 N–H and O–H groups in total. The molecule has 0 unspecified atom stereocenters. The summed E-state index contributed by atoms with van der Waals surface area (Å²) in [5, 5.41) is 14.5. The Morgan fingerprint density at radius 2 is 1.82 bits per heavy atom. The van der Waals surface area contributed by atoms with E-state index in [9.17, 15) is 14.9 Å². The number of benzene rings is 2. The van der Waals surface area contributed by atoms with Crippen LogP contribution >= 0.6 is 0 Å². The molecule has 2 aliphatic rings. The number of anilines is 1. The van der Waals surface area contributed by atoms with Gasteiger partial charge in [0.1, 0.15) is 5.69 Å². The van der Waals surface area contributed by atoms with Crippen LogP contribution < -0.4 is 10.2 Å². The number of hydrogen-bond donors (Lipinski definition) is 1. The van der Waals surface area contributed by atoms with Crippen molar-refractivity contribution in [2.45, 2.75) is 44.6 Å². The van der Waals surface area contributed by atoms with Crippen LogP contribution in [0.4, 0.5) is 11.4 Å². The van der Waals surface area contributed by atoms with Crippen LogP contribution in [-0.2, 0) is 0 Å². The van der Waals surface area contributed by atoms with Crippen molar-refractivity contribution in [3.05, 3.63) is 69.3 Å². The zero-order valence-corrected chi connectivity index (χ0v) is 16.1. The van der Waals surface area contributed by atoms with Crippen LogP contribution in [0.3, 0.4) is 0 Å². The summed E-state index contributed by atoms with van der Waals surface area (Å²) in [6, 6.07) is 13.5. The van der Waals surface area contributed by atoms with Gasteiger partial charge in [-0.2, -0.15) is 0 Å². The Labute approximate surface area is 164 Å². The van der Waals surface area contributed by atoms with Gasteiger partial charge in [-0.3, -0.25) is 14.9 Å². The van der Waals surface area contributed by atoms with Crippen LogP contribution in [0.2, 0.25) is 0 Å². The SMILES string of the molecule is Cc1ccccc1C1CCN(c2ccc(C(=O)NC3CC3)cc2[N+](=O)[O-])CC1. The average Bonchev–Trinajstić information content (AvgIpc) is 3.52. The molecule has 2 aromatic carbocycles. The molecule has 1 amide bonds. The largest absolute Gasteiger partial charge is 0.366 e. The van der Waals surface area contributed by atoms with Gasteiger partial charge >= 0.3 is 0 Å². The minimum atomic E-state index is -0.378. The Bertz CT molecular complexity index is 900. The quantitative estimate of drug-likeness (QED) is 0.625. The average molecular weight is 379 g/mol. The number of nitro benzene ring substituents is 1. The van der Waals surface area contributed by atoms with E-state index in [2.05, 4.69) is 41.4 Å². The molecule has 1 heterocycles. The Morgan fingerprint density at radius 3 is 2.46 bits per heavy atom. The second kappa shape index (κ2) is 7.62. The molecule has 1 aliphatic carbocycles. The van der Waals surface area contributed by atoms with Crippen molar-refractivity contribution in [1.82, 2.24) is 5.32 Å². The molecule has 6 nitrogen and oxygen atoms in total. The second-order valence-corrected chi connectivity index (χ2v) is 7.83. The highest BCUT2D eigenvalue weighted by Crippen LogP contribution is 2.36. The Balaban J connectivity index is 1.50. The van der Waals surface area contributed by atoms with Crippen molar-refractivity contribution < 1.29 is 9.72 Å². The molecule has 0 radical (unpaired) electrons. The van der Waals surface area contributed by atoms with Crippen LogP contribution in [0.25, 0.3) is 0 Å². The highest BCUT2D eigenvalue weighted by molar-refractivity contribution is 5.96. The maximum absolute atomic E-state index is 12.2. The number of piperidine rings is 1. The Hall–Kier alpha value is -2.89. The molecular formula is C22H25N3O3. The predicted molar refractivity (Wildman–Crippen MR) is 109 cm³/mol. The minimum absolute atomic E-state index is 0.0118.